The van der Waals surface area contributed by atoms with Crippen LogP contribution in [0.1, 0.15) is 27.1 Å². The molecule has 1 fully saturated rings. The fourth-order valence-electron chi connectivity index (χ4n) is 4.18. The minimum Gasteiger partial charge on any atom is -0.426 e. The normalized spacial score (nSPS) is 17.0. The lowest BCUT2D eigenvalue weighted by Gasteiger charge is -2.17. The van der Waals surface area contributed by atoms with E-state index in [9.17, 15) is 23.6 Å². The summed E-state index contributed by atoms with van der Waals surface area (Å²) in [6.45, 7) is 0.0864. The summed E-state index contributed by atoms with van der Waals surface area (Å²) >= 11 is 24.4. The second kappa shape index (κ2) is 9.61. The van der Waals surface area contributed by atoms with Gasteiger partial charge in [0.05, 0.1) is 42.8 Å². The van der Waals surface area contributed by atoms with Crippen molar-refractivity contribution in [2.24, 2.45) is 5.92 Å². The molecule has 0 spiro atoms. The molecule has 0 aliphatic carbocycles. The Balaban J connectivity index is 1.31. The van der Waals surface area contributed by atoms with Gasteiger partial charge >= 0.3 is 5.97 Å². The summed E-state index contributed by atoms with van der Waals surface area (Å²) in [6.07, 6.45) is -0.0596. The molecule has 2 aliphatic heterocycles. The van der Waals surface area contributed by atoms with Gasteiger partial charge in [0.1, 0.15) is 11.6 Å². The van der Waals surface area contributed by atoms with Gasteiger partial charge in [-0.3, -0.25) is 19.2 Å². The molecule has 0 bridgehead atoms. The molecule has 1 saturated heterocycles. The number of fused-ring (bicyclic) bond motifs is 1. The van der Waals surface area contributed by atoms with Crippen LogP contribution in [0.5, 0.6) is 5.75 Å². The molecule has 0 radical (unpaired) electrons. The molecule has 188 valence electrons. The van der Waals surface area contributed by atoms with E-state index in [0.29, 0.717) is 5.69 Å². The van der Waals surface area contributed by atoms with E-state index < -0.39 is 29.5 Å². The van der Waals surface area contributed by atoms with Gasteiger partial charge in [-0.15, -0.1) is 0 Å². The van der Waals surface area contributed by atoms with Crippen molar-refractivity contribution in [1.29, 1.82) is 0 Å². The van der Waals surface area contributed by atoms with Gasteiger partial charge in [0.2, 0.25) is 5.91 Å². The van der Waals surface area contributed by atoms with Crippen LogP contribution in [-0.4, -0.2) is 30.2 Å². The van der Waals surface area contributed by atoms with Crippen molar-refractivity contribution in [3.63, 3.8) is 0 Å². The van der Waals surface area contributed by atoms with E-state index in [1.807, 2.05) is 0 Å². The van der Waals surface area contributed by atoms with E-state index in [0.717, 1.165) is 4.90 Å². The largest absolute Gasteiger partial charge is 0.426 e. The first-order chi connectivity index (χ1) is 17.6. The molecule has 0 N–H and O–H groups in total. The van der Waals surface area contributed by atoms with Crippen molar-refractivity contribution in [3.8, 4) is 5.75 Å². The number of benzene rings is 3. The molecule has 1 atom stereocenters. The predicted molar refractivity (Wildman–Crippen MR) is 137 cm³/mol. The summed E-state index contributed by atoms with van der Waals surface area (Å²) in [5.74, 6) is -3.41. The molecular weight excluding hydrogens is 569 g/mol. The first-order valence-corrected chi connectivity index (χ1v) is 12.2. The quantitative estimate of drug-likeness (QED) is 0.120. The van der Waals surface area contributed by atoms with Gasteiger partial charge in [0.15, 0.2) is 0 Å². The van der Waals surface area contributed by atoms with Gasteiger partial charge < -0.3 is 9.64 Å². The molecule has 3 aromatic carbocycles. The Bertz CT molecular complexity index is 1450. The molecule has 0 unspecified atom stereocenters. The fraction of sp³-hybridized carbons (Fsp3) is 0.120. The fourth-order valence-corrected chi connectivity index (χ4v) is 5.20. The third-order valence-corrected chi connectivity index (χ3v) is 7.81. The van der Waals surface area contributed by atoms with Gasteiger partial charge in [-0.2, -0.15) is 0 Å². The highest BCUT2D eigenvalue weighted by atomic mass is 35.5. The average molecular weight is 582 g/mol. The predicted octanol–water partition coefficient (Wildman–Crippen LogP) is 6.20. The maximum absolute atomic E-state index is 13.2. The van der Waals surface area contributed by atoms with Crippen molar-refractivity contribution in [3.05, 3.63) is 85.6 Å². The standard InChI is InChI=1S/C25H13Cl4FN2O5/c26-19-17-18(20(27)22(29)21(19)28)24(35)32(23(17)34)14-5-7-15(8-6-14)37-25(36)11-9-16(33)31(10-11)13-3-1-12(30)2-4-13/h1-8,11H,9-10H2/t11-/m1/s1. The molecule has 12 heteroatoms. The smallest absolute Gasteiger partial charge is 0.316 e. The molecule has 0 aromatic heterocycles. The van der Waals surface area contributed by atoms with Crippen LogP contribution < -0.4 is 14.5 Å². The van der Waals surface area contributed by atoms with Crippen molar-refractivity contribution < 1.29 is 28.3 Å². The summed E-state index contributed by atoms with van der Waals surface area (Å²) in [5.41, 5.74) is 0.343. The number of rotatable bonds is 4. The Kier molecular flexibility index (Phi) is 6.62. The molecule has 0 saturated carbocycles. The SMILES string of the molecule is O=C(Oc1ccc(N2C(=O)c3c(Cl)c(Cl)c(Cl)c(Cl)c3C2=O)cc1)[C@@H]1CC(=O)N(c2ccc(F)cc2)C1. The molecule has 5 rings (SSSR count). The van der Waals surface area contributed by atoms with Crippen molar-refractivity contribution >= 4 is 81.5 Å². The lowest BCUT2D eigenvalue weighted by atomic mass is 10.1. The van der Waals surface area contributed by atoms with E-state index in [1.54, 1.807) is 0 Å². The Morgan fingerprint density at radius 2 is 1.30 bits per heavy atom. The number of esters is 1. The number of nitrogens with zero attached hydrogens (tertiary/aromatic N) is 2. The molecular formula is C25H13Cl4FN2O5. The van der Waals surface area contributed by atoms with Crippen LogP contribution in [0, 0.1) is 11.7 Å². The second-order valence-corrected chi connectivity index (χ2v) is 9.76. The summed E-state index contributed by atoms with van der Waals surface area (Å²) in [7, 11) is 0. The number of halogens is 5. The van der Waals surface area contributed by atoms with Gasteiger partial charge in [-0.1, -0.05) is 46.4 Å². The maximum Gasteiger partial charge on any atom is 0.316 e. The number of hydrogen-bond acceptors (Lipinski definition) is 5. The summed E-state index contributed by atoms with van der Waals surface area (Å²) in [6, 6.07) is 11.0. The summed E-state index contributed by atoms with van der Waals surface area (Å²) < 4.78 is 18.6. The molecule has 7 nitrogen and oxygen atoms in total. The van der Waals surface area contributed by atoms with Crippen LogP contribution >= 0.6 is 46.4 Å². The summed E-state index contributed by atoms with van der Waals surface area (Å²) in [5, 5.41) is -0.641. The van der Waals surface area contributed by atoms with Crippen molar-refractivity contribution in [2.45, 2.75) is 6.42 Å². The Labute approximate surface area is 229 Å². The Morgan fingerprint density at radius 3 is 1.84 bits per heavy atom. The number of hydrogen-bond donors (Lipinski definition) is 0. The topological polar surface area (TPSA) is 84.0 Å². The van der Waals surface area contributed by atoms with Crippen LogP contribution in [0.4, 0.5) is 15.8 Å². The first kappa shape index (κ1) is 25.5. The third kappa shape index (κ3) is 4.34. The molecule has 3 amide bonds. The van der Waals surface area contributed by atoms with Gasteiger partial charge in [-0.25, -0.2) is 9.29 Å². The molecule has 37 heavy (non-hydrogen) atoms. The maximum atomic E-state index is 13.2. The van der Waals surface area contributed by atoms with Crippen LogP contribution in [0.2, 0.25) is 20.1 Å². The first-order valence-electron chi connectivity index (χ1n) is 10.7. The molecule has 3 aromatic rings. The Hall–Kier alpha value is -3.17. The van der Waals surface area contributed by atoms with E-state index in [2.05, 4.69) is 0 Å². The molecule has 2 heterocycles. The Morgan fingerprint density at radius 1 is 0.784 bits per heavy atom. The van der Waals surface area contributed by atoms with Crippen molar-refractivity contribution in [2.75, 3.05) is 16.3 Å². The van der Waals surface area contributed by atoms with Crippen molar-refractivity contribution in [1.82, 2.24) is 0 Å². The van der Waals surface area contributed by atoms with E-state index in [1.165, 1.54) is 53.4 Å². The number of carbonyl (C=O) groups is 4. The minimum atomic E-state index is -0.736. The number of amides is 3. The van der Waals surface area contributed by atoms with Gasteiger partial charge in [0, 0.05) is 18.7 Å². The zero-order valence-corrected chi connectivity index (χ0v) is 21.5. The number of anilines is 2. The van der Waals surface area contributed by atoms with Crippen LogP contribution in [0.25, 0.3) is 0 Å². The van der Waals surface area contributed by atoms with Gasteiger partial charge in [-0.05, 0) is 48.5 Å². The lowest BCUT2D eigenvalue weighted by Crippen LogP contribution is -2.29. The highest BCUT2D eigenvalue weighted by Crippen LogP contribution is 2.45. The van der Waals surface area contributed by atoms with Crippen LogP contribution in [0.15, 0.2) is 48.5 Å². The minimum absolute atomic E-state index is 0.0596. The number of carbonyl (C=O) groups excluding carboxylic acids is 4. The summed E-state index contributed by atoms with van der Waals surface area (Å²) in [4.78, 5) is 53.3. The van der Waals surface area contributed by atoms with E-state index in [4.69, 9.17) is 51.1 Å². The average Bonchev–Trinajstić information content (AvgIpc) is 3.39. The second-order valence-electron chi connectivity index (χ2n) is 8.25. The lowest BCUT2D eigenvalue weighted by molar-refractivity contribution is -0.139. The number of ether oxygens (including phenoxy) is 1. The zero-order chi connectivity index (χ0) is 26.6. The van der Waals surface area contributed by atoms with E-state index in [-0.39, 0.29) is 61.5 Å². The third-order valence-electron chi connectivity index (χ3n) is 6.01. The molecule has 2 aliphatic rings. The van der Waals surface area contributed by atoms with Crippen LogP contribution in [0.3, 0.4) is 0 Å². The highest BCUT2D eigenvalue weighted by Gasteiger charge is 2.42. The van der Waals surface area contributed by atoms with E-state index >= 15 is 0 Å². The van der Waals surface area contributed by atoms with Crippen LogP contribution in [-0.2, 0) is 9.59 Å². The number of imide groups is 1. The monoisotopic (exact) mass is 580 g/mol. The highest BCUT2D eigenvalue weighted by molar-refractivity contribution is 6.56. The van der Waals surface area contributed by atoms with Gasteiger partial charge in [0.25, 0.3) is 11.8 Å². The zero-order valence-electron chi connectivity index (χ0n) is 18.4.